The molecular formula is C33H29NO3. The number of amides is 1. The fraction of sp³-hybridized carbons (Fsp3) is 0.121. The molecule has 1 aromatic heterocycles. The van der Waals surface area contributed by atoms with Crippen molar-refractivity contribution in [1.29, 1.82) is 0 Å². The highest BCUT2D eigenvalue weighted by Crippen LogP contribution is 2.38. The SMILES string of the molecule is COc1cc2occ(-c3ccc(-c4ccccc4)cc3)c2cc1/C(C)=C/C(=O)Nc1cccc(C)c1C. The Morgan fingerprint density at radius 2 is 1.57 bits per heavy atom. The molecule has 0 fully saturated rings. The lowest BCUT2D eigenvalue weighted by Gasteiger charge is -2.11. The molecule has 0 radical (unpaired) electrons. The topological polar surface area (TPSA) is 51.5 Å². The Hall–Kier alpha value is -4.57. The van der Waals surface area contributed by atoms with Gasteiger partial charge in [-0.15, -0.1) is 0 Å². The van der Waals surface area contributed by atoms with Crippen molar-refractivity contribution in [3.8, 4) is 28.0 Å². The van der Waals surface area contributed by atoms with Gasteiger partial charge in [0.05, 0.1) is 13.4 Å². The highest BCUT2D eigenvalue weighted by atomic mass is 16.5. The van der Waals surface area contributed by atoms with Crippen molar-refractivity contribution < 1.29 is 13.9 Å². The quantitative estimate of drug-likeness (QED) is 0.245. The highest BCUT2D eigenvalue weighted by Gasteiger charge is 2.15. The van der Waals surface area contributed by atoms with Crippen LogP contribution in [0.25, 0.3) is 38.8 Å². The van der Waals surface area contributed by atoms with Crippen LogP contribution in [0.1, 0.15) is 23.6 Å². The van der Waals surface area contributed by atoms with Crippen molar-refractivity contribution in [2.24, 2.45) is 0 Å². The van der Waals surface area contributed by atoms with E-state index in [0.717, 1.165) is 55.6 Å². The zero-order valence-corrected chi connectivity index (χ0v) is 21.5. The predicted molar refractivity (Wildman–Crippen MR) is 152 cm³/mol. The second-order valence-corrected chi connectivity index (χ2v) is 9.21. The number of nitrogens with one attached hydrogen (secondary N) is 1. The Morgan fingerprint density at radius 3 is 2.30 bits per heavy atom. The molecule has 0 spiro atoms. The van der Waals surface area contributed by atoms with Crippen LogP contribution in [0.3, 0.4) is 0 Å². The number of hydrogen-bond donors (Lipinski definition) is 1. The predicted octanol–water partition coefficient (Wildman–Crippen LogP) is 8.43. The van der Waals surface area contributed by atoms with Crippen LogP contribution < -0.4 is 10.1 Å². The summed E-state index contributed by atoms with van der Waals surface area (Å²) in [4.78, 5) is 12.9. The van der Waals surface area contributed by atoms with Crippen molar-refractivity contribution in [2.75, 3.05) is 12.4 Å². The third-order valence-corrected chi connectivity index (χ3v) is 6.83. The Bertz CT molecular complexity index is 1610. The summed E-state index contributed by atoms with van der Waals surface area (Å²) in [7, 11) is 1.63. The molecular weight excluding hydrogens is 458 g/mol. The summed E-state index contributed by atoms with van der Waals surface area (Å²) in [5, 5.41) is 3.97. The van der Waals surface area contributed by atoms with Crippen molar-refractivity contribution >= 4 is 28.1 Å². The third kappa shape index (κ3) is 4.91. The number of allylic oxidation sites excluding steroid dienone is 1. The molecule has 4 nitrogen and oxygen atoms in total. The van der Waals surface area contributed by atoms with E-state index in [-0.39, 0.29) is 5.91 Å². The molecule has 0 saturated heterocycles. The van der Waals surface area contributed by atoms with E-state index in [2.05, 4.69) is 41.7 Å². The largest absolute Gasteiger partial charge is 0.496 e. The first-order valence-electron chi connectivity index (χ1n) is 12.3. The van der Waals surface area contributed by atoms with Crippen LogP contribution in [0.15, 0.2) is 102 Å². The summed E-state index contributed by atoms with van der Waals surface area (Å²) >= 11 is 0. The molecule has 5 rings (SSSR count). The van der Waals surface area contributed by atoms with Gasteiger partial charge in [-0.3, -0.25) is 4.79 Å². The third-order valence-electron chi connectivity index (χ3n) is 6.83. The van der Waals surface area contributed by atoms with Gasteiger partial charge in [0.25, 0.3) is 0 Å². The molecule has 0 aliphatic heterocycles. The standard InChI is InChI=1S/C33H29NO3/c1-21-9-8-12-30(23(21)3)34-33(35)17-22(2)27-18-28-29(20-37-32(28)19-31(27)36-4)26-15-13-25(14-16-26)24-10-6-5-7-11-24/h5-20H,1-4H3,(H,34,35)/b22-17+. The molecule has 0 atom stereocenters. The molecule has 0 bridgehead atoms. The summed E-state index contributed by atoms with van der Waals surface area (Å²) in [6, 6.07) is 28.6. The second kappa shape index (κ2) is 10.2. The number of furan rings is 1. The van der Waals surface area contributed by atoms with Crippen LogP contribution in [-0.2, 0) is 4.79 Å². The van der Waals surface area contributed by atoms with E-state index >= 15 is 0 Å². The molecule has 184 valence electrons. The smallest absolute Gasteiger partial charge is 0.248 e. The van der Waals surface area contributed by atoms with E-state index < -0.39 is 0 Å². The van der Waals surface area contributed by atoms with E-state index in [1.165, 1.54) is 5.56 Å². The number of benzene rings is 4. The summed E-state index contributed by atoms with van der Waals surface area (Å²) in [6.07, 6.45) is 3.39. The first kappa shape index (κ1) is 24.1. The first-order valence-corrected chi connectivity index (χ1v) is 12.3. The van der Waals surface area contributed by atoms with Crippen molar-refractivity contribution in [1.82, 2.24) is 0 Å². The molecule has 1 heterocycles. The maximum atomic E-state index is 12.9. The number of methoxy groups -OCH3 is 1. The zero-order valence-electron chi connectivity index (χ0n) is 21.5. The van der Waals surface area contributed by atoms with Gasteiger partial charge >= 0.3 is 0 Å². The van der Waals surface area contributed by atoms with E-state index in [9.17, 15) is 4.79 Å². The van der Waals surface area contributed by atoms with Crippen LogP contribution in [0.2, 0.25) is 0 Å². The minimum atomic E-state index is -0.183. The number of carbonyl (C=O) groups excluding carboxylic acids is 1. The number of aryl methyl sites for hydroxylation is 1. The molecule has 4 heteroatoms. The van der Waals surface area contributed by atoms with Crippen molar-refractivity contribution in [3.63, 3.8) is 0 Å². The van der Waals surface area contributed by atoms with Gasteiger partial charge < -0.3 is 14.5 Å². The first-order chi connectivity index (χ1) is 17.9. The van der Waals surface area contributed by atoms with Gasteiger partial charge in [0.15, 0.2) is 0 Å². The van der Waals surface area contributed by atoms with Gasteiger partial charge in [-0.25, -0.2) is 0 Å². The van der Waals surface area contributed by atoms with Gasteiger partial charge in [0.1, 0.15) is 11.3 Å². The van der Waals surface area contributed by atoms with Crippen LogP contribution in [0.5, 0.6) is 5.75 Å². The number of anilines is 1. The zero-order chi connectivity index (χ0) is 25.9. The van der Waals surface area contributed by atoms with Crippen LogP contribution >= 0.6 is 0 Å². The Balaban J connectivity index is 1.48. The molecule has 0 aliphatic rings. The van der Waals surface area contributed by atoms with Crippen LogP contribution in [0.4, 0.5) is 5.69 Å². The van der Waals surface area contributed by atoms with Crippen LogP contribution in [0, 0.1) is 13.8 Å². The minimum absolute atomic E-state index is 0.183. The maximum Gasteiger partial charge on any atom is 0.248 e. The number of fused-ring (bicyclic) bond motifs is 1. The molecule has 37 heavy (non-hydrogen) atoms. The average molecular weight is 488 g/mol. The molecule has 4 aromatic carbocycles. The monoisotopic (exact) mass is 487 g/mol. The maximum absolute atomic E-state index is 12.9. The molecule has 0 unspecified atom stereocenters. The number of carbonyl (C=O) groups is 1. The van der Waals surface area contributed by atoms with Gasteiger partial charge in [-0.2, -0.15) is 0 Å². The number of hydrogen-bond acceptors (Lipinski definition) is 3. The summed E-state index contributed by atoms with van der Waals surface area (Å²) in [6.45, 7) is 5.95. The van der Waals surface area contributed by atoms with E-state index in [1.807, 2.05) is 69.3 Å². The molecule has 1 amide bonds. The molecule has 0 saturated carbocycles. The lowest BCUT2D eigenvalue weighted by molar-refractivity contribution is -0.111. The summed E-state index contributed by atoms with van der Waals surface area (Å²) < 4.78 is 11.6. The summed E-state index contributed by atoms with van der Waals surface area (Å²) in [5.74, 6) is 0.471. The van der Waals surface area contributed by atoms with Crippen molar-refractivity contribution in [2.45, 2.75) is 20.8 Å². The highest BCUT2D eigenvalue weighted by molar-refractivity contribution is 6.05. The van der Waals surface area contributed by atoms with Gasteiger partial charge in [-0.1, -0.05) is 66.7 Å². The molecule has 0 aliphatic carbocycles. The lowest BCUT2D eigenvalue weighted by Crippen LogP contribution is -2.10. The van der Waals surface area contributed by atoms with Gasteiger partial charge in [0.2, 0.25) is 5.91 Å². The fourth-order valence-corrected chi connectivity index (χ4v) is 4.56. The van der Waals surface area contributed by atoms with E-state index in [0.29, 0.717) is 5.75 Å². The Morgan fingerprint density at radius 1 is 0.865 bits per heavy atom. The number of rotatable bonds is 6. The van der Waals surface area contributed by atoms with Gasteiger partial charge in [0, 0.05) is 34.3 Å². The van der Waals surface area contributed by atoms with E-state index in [4.69, 9.17) is 9.15 Å². The molecule has 5 aromatic rings. The van der Waals surface area contributed by atoms with Gasteiger partial charge in [-0.05, 0) is 66.3 Å². The average Bonchev–Trinajstić information content (AvgIpc) is 3.34. The normalized spacial score (nSPS) is 11.5. The second-order valence-electron chi connectivity index (χ2n) is 9.21. The van der Waals surface area contributed by atoms with E-state index in [1.54, 1.807) is 19.4 Å². The Labute approximate surface area is 217 Å². The lowest BCUT2D eigenvalue weighted by atomic mass is 9.97. The fourth-order valence-electron chi connectivity index (χ4n) is 4.56. The molecule has 1 N–H and O–H groups in total. The number of ether oxygens (including phenoxy) is 1. The van der Waals surface area contributed by atoms with Crippen molar-refractivity contribution in [3.05, 3.63) is 114 Å². The Kier molecular flexibility index (Phi) is 6.65. The van der Waals surface area contributed by atoms with Crippen LogP contribution in [-0.4, -0.2) is 13.0 Å². The minimum Gasteiger partial charge on any atom is -0.496 e. The summed E-state index contributed by atoms with van der Waals surface area (Å²) in [5.41, 5.74) is 9.77.